The van der Waals surface area contributed by atoms with Crippen molar-refractivity contribution in [2.45, 2.75) is 47.9 Å². The van der Waals surface area contributed by atoms with Gasteiger partial charge in [-0.2, -0.15) is 0 Å². The number of amides is 1. The minimum Gasteiger partial charge on any atom is -0.347 e. The summed E-state index contributed by atoms with van der Waals surface area (Å²) in [5, 5.41) is 5.47. The fourth-order valence-electron chi connectivity index (χ4n) is 4.03. The molecule has 2 bridgehead atoms. The van der Waals surface area contributed by atoms with Crippen LogP contribution >= 0.6 is 23.1 Å². The van der Waals surface area contributed by atoms with Gasteiger partial charge in [0.15, 0.2) is 0 Å². The minimum absolute atomic E-state index is 0.0640. The largest absolute Gasteiger partial charge is 0.347 e. The number of rotatable bonds is 4. The summed E-state index contributed by atoms with van der Waals surface area (Å²) in [6.07, 6.45) is 2.43. The zero-order valence-electron chi connectivity index (χ0n) is 14.7. The Kier molecular flexibility index (Phi) is 4.89. The third-order valence-electron chi connectivity index (χ3n) is 5.52. The smallest absolute Gasteiger partial charge is 0.251 e. The van der Waals surface area contributed by atoms with Crippen LogP contribution in [-0.2, 0) is 0 Å². The number of aryl methyl sites for hydroxylation is 1. The second-order valence-corrected chi connectivity index (χ2v) is 9.47. The van der Waals surface area contributed by atoms with E-state index in [0.717, 1.165) is 5.56 Å². The van der Waals surface area contributed by atoms with Crippen molar-refractivity contribution in [1.82, 2.24) is 10.2 Å². The summed E-state index contributed by atoms with van der Waals surface area (Å²) < 4.78 is 1.29. The Hall–Kier alpha value is -1.30. The lowest BCUT2D eigenvalue weighted by atomic mass is 9.79. The number of thiophene rings is 1. The summed E-state index contributed by atoms with van der Waals surface area (Å²) in [4.78, 5) is 16.4. The van der Waals surface area contributed by atoms with E-state index >= 15 is 0 Å². The van der Waals surface area contributed by atoms with Gasteiger partial charge in [-0.05, 0) is 87.0 Å². The van der Waals surface area contributed by atoms with Crippen LogP contribution < -0.4 is 5.32 Å². The highest BCUT2D eigenvalue weighted by atomic mass is 32.2. The SMILES string of the molecule is Cc1csc(Sc2ccc(C(=O)NC3C4CCN(CC4)C3C)cc2)c1. The van der Waals surface area contributed by atoms with Crippen LogP contribution in [0.25, 0.3) is 0 Å². The van der Waals surface area contributed by atoms with Crippen LogP contribution in [0.3, 0.4) is 0 Å². The van der Waals surface area contributed by atoms with Gasteiger partial charge >= 0.3 is 0 Å². The third-order valence-corrected chi connectivity index (χ3v) is 7.72. The van der Waals surface area contributed by atoms with Gasteiger partial charge in [-0.25, -0.2) is 0 Å². The summed E-state index contributed by atoms with van der Waals surface area (Å²) >= 11 is 3.52. The summed E-state index contributed by atoms with van der Waals surface area (Å²) in [6, 6.07) is 10.9. The van der Waals surface area contributed by atoms with Gasteiger partial charge in [0.2, 0.25) is 0 Å². The molecule has 1 amide bonds. The van der Waals surface area contributed by atoms with E-state index in [1.54, 1.807) is 23.1 Å². The number of piperidine rings is 3. The first-order valence-corrected chi connectivity index (χ1v) is 10.7. The molecule has 132 valence electrons. The second kappa shape index (κ2) is 7.14. The van der Waals surface area contributed by atoms with Gasteiger partial charge < -0.3 is 5.32 Å². The van der Waals surface area contributed by atoms with Crippen molar-refractivity contribution in [3.63, 3.8) is 0 Å². The Morgan fingerprint density at radius 2 is 1.96 bits per heavy atom. The van der Waals surface area contributed by atoms with E-state index in [0.29, 0.717) is 12.0 Å². The zero-order valence-corrected chi connectivity index (χ0v) is 16.3. The predicted octanol–water partition coefficient (Wildman–Crippen LogP) is 4.42. The summed E-state index contributed by atoms with van der Waals surface area (Å²) in [5.41, 5.74) is 2.06. The Morgan fingerprint density at radius 1 is 1.24 bits per heavy atom. The molecule has 1 aromatic heterocycles. The van der Waals surface area contributed by atoms with E-state index in [-0.39, 0.29) is 11.9 Å². The number of nitrogens with zero attached hydrogens (tertiary/aromatic N) is 1. The molecule has 1 N–H and O–H groups in total. The maximum atomic E-state index is 12.7. The van der Waals surface area contributed by atoms with Crippen molar-refractivity contribution < 1.29 is 4.79 Å². The Bertz CT molecular complexity index is 745. The number of nitrogens with one attached hydrogen (secondary N) is 1. The minimum atomic E-state index is 0.0640. The molecule has 3 nitrogen and oxygen atoms in total. The fraction of sp³-hybridized carbons (Fsp3) is 0.450. The molecule has 0 saturated carbocycles. The Labute approximate surface area is 157 Å². The second-order valence-electron chi connectivity index (χ2n) is 7.18. The molecular weight excluding hydrogens is 348 g/mol. The van der Waals surface area contributed by atoms with Crippen LogP contribution in [0.1, 0.15) is 35.7 Å². The van der Waals surface area contributed by atoms with E-state index < -0.39 is 0 Å². The number of benzene rings is 1. The molecule has 3 aliphatic heterocycles. The maximum absolute atomic E-state index is 12.7. The van der Waals surface area contributed by atoms with Crippen LogP contribution in [0.15, 0.2) is 44.8 Å². The Balaban J connectivity index is 1.40. The molecule has 25 heavy (non-hydrogen) atoms. The molecule has 3 aliphatic rings. The quantitative estimate of drug-likeness (QED) is 0.862. The molecule has 4 heterocycles. The summed E-state index contributed by atoms with van der Waals surface area (Å²) in [5.74, 6) is 0.704. The highest BCUT2D eigenvalue weighted by Crippen LogP contribution is 2.34. The number of fused-ring (bicyclic) bond motifs is 3. The first-order chi connectivity index (χ1) is 12.1. The van der Waals surface area contributed by atoms with Gasteiger partial charge in [-0.3, -0.25) is 9.69 Å². The molecule has 0 spiro atoms. The van der Waals surface area contributed by atoms with Crippen LogP contribution in [0.2, 0.25) is 0 Å². The van der Waals surface area contributed by atoms with E-state index in [4.69, 9.17) is 0 Å². The van der Waals surface area contributed by atoms with E-state index in [1.165, 1.54) is 40.6 Å². The Morgan fingerprint density at radius 3 is 2.56 bits per heavy atom. The highest BCUT2D eigenvalue weighted by molar-refractivity contribution is 8.01. The normalized spacial score (nSPS) is 28.1. The van der Waals surface area contributed by atoms with Crippen molar-refractivity contribution in [2.75, 3.05) is 13.1 Å². The molecule has 1 aromatic carbocycles. The van der Waals surface area contributed by atoms with E-state index in [2.05, 4.69) is 47.6 Å². The number of hydrogen-bond donors (Lipinski definition) is 1. The lowest BCUT2D eigenvalue weighted by Crippen LogP contribution is -2.62. The summed E-state index contributed by atoms with van der Waals surface area (Å²) in [7, 11) is 0. The van der Waals surface area contributed by atoms with Crippen molar-refractivity contribution in [3.8, 4) is 0 Å². The van der Waals surface area contributed by atoms with Crippen molar-refractivity contribution >= 4 is 29.0 Å². The lowest BCUT2D eigenvalue weighted by Gasteiger charge is -2.49. The molecule has 5 heteroatoms. The molecule has 3 saturated heterocycles. The van der Waals surface area contributed by atoms with E-state index in [9.17, 15) is 4.79 Å². The summed E-state index contributed by atoms with van der Waals surface area (Å²) in [6.45, 7) is 6.74. The maximum Gasteiger partial charge on any atom is 0.251 e. The van der Waals surface area contributed by atoms with Crippen molar-refractivity contribution in [3.05, 3.63) is 46.8 Å². The standard InChI is InChI=1S/C20H24N2OS2/c1-13-11-18(24-12-13)25-17-5-3-16(4-6-17)20(23)21-19-14(2)22-9-7-15(19)8-10-22/h3-6,11-12,14-15,19H,7-10H2,1-2H3,(H,21,23). The highest BCUT2D eigenvalue weighted by Gasteiger charge is 2.40. The molecule has 5 rings (SSSR count). The average molecular weight is 373 g/mol. The van der Waals surface area contributed by atoms with Gasteiger partial charge in [-0.15, -0.1) is 11.3 Å². The number of hydrogen-bond acceptors (Lipinski definition) is 4. The lowest BCUT2D eigenvalue weighted by molar-refractivity contribution is 0.0217. The first-order valence-electron chi connectivity index (χ1n) is 8.98. The van der Waals surface area contributed by atoms with Gasteiger partial charge in [0.25, 0.3) is 5.91 Å². The molecule has 2 unspecified atom stereocenters. The average Bonchev–Trinajstić information content (AvgIpc) is 3.04. The van der Waals surface area contributed by atoms with Crippen LogP contribution in [-0.4, -0.2) is 36.0 Å². The van der Waals surface area contributed by atoms with Gasteiger partial charge in [0.1, 0.15) is 0 Å². The van der Waals surface area contributed by atoms with Crippen LogP contribution in [0.4, 0.5) is 0 Å². The predicted molar refractivity (Wildman–Crippen MR) is 105 cm³/mol. The van der Waals surface area contributed by atoms with Crippen molar-refractivity contribution in [1.29, 1.82) is 0 Å². The molecular formula is C20H24N2OS2. The molecule has 2 aromatic rings. The zero-order chi connectivity index (χ0) is 17.4. The first kappa shape index (κ1) is 17.1. The van der Waals surface area contributed by atoms with Gasteiger partial charge in [0.05, 0.1) is 4.21 Å². The number of carbonyl (C=O) groups excluding carboxylic acids is 1. The molecule has 0 radical (unpaired) electrons. The van der Waals surface area contributed by atoms with Crippen molar-refractivity contribution in [2.24, 2.45) is 5.92 Å². The van der Waals surface area contributed by atoms with Crippen LogP contribution in [0, 0.1) is 12.8 Å². The third kappa shape index (κ3) is 3.64. The van der Waals surface area contributed by atoms with Gasteiger partial charge in [-0.1, -0.05) is 11.8 Å². The van der Waals surface area contributed by atoms with E-state index in [1.807, 2.05) is 12.1 Å². The fourth-order valence-corrected chi connectivity index (χ4v) is 6.03. The number of carbonyl (C=O) groups is 1. The molecule has 0 aliphatic carbocycles. The molecule has 3 fully saturated rings. The molecule has 2 atom stereocenters. The van der Waals surface area contributed by atoms with Gasteiger partial charge in [0, 0.05) is 22.5 Å². The van der Waals surface area contributed by atoms with Crippen LogP contribution in [0.5, 0.6) is 0 Å². The topological polar surface area (TPSA) is 32.3 Å². The monoisotopic (exact) mass is 372 g/mol.